The molecule has 0 saturated carbocycles. The number of nitrogens with one attached hydrogen (secondary N) is 1. The standard InChI is InChI=1S/C20H23NO4S/c1-3-24-20(23)18-15-10-9-13(2)11-16(15)26-19(18)21-17(22)12-25-14-7-5-4-6-8-14/h4-8,13H,3,9-12H2,1-2H3,(H,21,22)/t13-/m0/s1. The molecule has 0 bridgehead atoms. The quantitative estimate of drug-likeness (QED) is 0.776. The highest BCUT2D eigenvalue weighted by atomic mass is 32.1. The summed E-state index contributed by atoms with van der Waals surface area (Å²) in [6, 6.07) is 9.17. The third-order valence-electron chi connectivity index (χ3n) is 4.36. The van der Waals surface area contributed by atoms with E-state index in [-0.39, 0.29) is 18.5 Å². The summed E-state index contributed by atoms with van der Waals surface area (Å²) in [5.41, 5.74) is 1.55. The molecule has 3 rings (SSSR count). The van der Waals surface area contributed by atoms with Gasteiger partial charge >= 0.3 is 5.97 Å². The Morgan fingerprint density at radius 1 is 1.27 bits per heavy atom. The lowest BCUT2D eigenvalue weighted by molar-refractivity contribution is -0.118. The molecular formula is C20H23NO4S. The number of rotatable bonds is 6. The summed E-state index contributed by atoms with van der Waals surface area (Å²) in [7, 11) is 0. The van der Waals surface area contributed by atoms with Gasteiger partial charge in [-0.3, -0.25) is 4.79 Å². The highest BCUT2D eigenvalue weighted by Crippen LogP contribution is 2.40. The van der Waals surface area contributed by atoms with Crippen molar-refractivity contribution in [2.75, 3.05) is 18.5 Å². The Balaban J connectivity index is 1.75. The van der Waals surface area contributed by atoms with Crippen LogP contribution in [0.15, 0.2) is 30.3 Å². The fourth-order valence-electron chi connectivity index (χ4n) is 3.09. The molecule has 1 atom stereocenters. The minimum Gasteiger partial charge on any atom is -0.484 e. The van der Waals surface area contributed by atoms with Gasteiger partial charge in [0.05, 0.1) is 12.2 Å². The molecule has 0 fully saturated rings. The summed E-state index contributed by atoms with van der Waals surface area (Å²) < 4.78 is 10.7. The molecule has 5 nitrogen and oxygen atoms in total. The summed E-state index contributed by atoms with van der Waals surface area (Å²) in [6.07, 6.45) is 2.82. The predicted molar refractivity (Wildman–Crippen MR) is 102 cm³/mol. The van der Waals surface area contributed by atoms with E-state index in [1.165, 1.54) is 16.2 Å². The monoisotopic (exact) mass is 373 g/mol. The van der Waals surface area contributed by atoms with Crippen molar-refractivity contribution >= 4 is 28.2 Å². The fraction of sp³-hybridized carbons (Fsp3) is 0.400. The van der Waals surface area contributed by atoms with Gasteiger partial charge in [0.15, 0.2) is 6.61 Å². The van der Waals surface area contributed by atoms with Crippen LogP contribution in [-0.4, -0.2) is 25.1 Å². The molecule has 0 saturated heterocycles. The van der Waals surface area contributed by atoms with Crippen molar-refractivity contribution in [1.82, 2.24) is 0 Å². The first-order chi connectivity index (χ1) is 12.6. The third-order valence-corrected chi connectivity index (χ3v) is 5.53. The first-order valence-electron chi connectivity index (χ1n) is 8.87. The average Bonchev–Trinajstić information content (AvgIpc) is 2.98. The number of anilines is 1. The van der Waals surface area contributed by atoms with Crippen LogP contribution in [0.2, 0.25) is 0 Å². The van der Waals surface area contributed by atoms with E-state index in [1.54, 1.807) is 19.1 Å². The summed E-state index contributed by atoms with van der Waals surface area (Å²) >= 11 is 1.48. The highest BCUT2D eigenvalue weighted by Gasteiger charge is 2.29. The summed E-state index contributed by atoms with van der Waals surface area (Å²) in [5.74, 6) is 0.568. The molecule has 6 heteroatoms. The lowest BCUT2D eigenvalue weighted by Crippen LogP contribution is -2.21. The highest BCUT2D eigenvalue weighted by molar-refractivity contribution is 7.17. The van der Waals surface area contributed by atoms with Crippen LogP contribution in [0.5, 0.6) is 5.75 Å². The maximum absolute atomic E-state index is 12.4. The molecule has 1 aliphatic carbocycles. The van der Waals surface area contributed by atoms with Crippen LogP contribution in [0, 0.1) is 5.92 Å². The normalized spacial score (nSPS) is 15.8. The first-order valence-corrected chi connectivity index (χ1v) is 9.69. The van der Waals surface area contributed by atoms with E-state index in [2.05, 4.69) is 12.2 Å². The van der Waals surface area contributed by atoms with Crippen LogP contribution in [0.4, 0.5) is 5.00 Å². The van der Waals surface area contributed by atoms with Crippen molar-refractivity contribution in [2.45, 2.75) is 33.1 Å². The van der Waals surface area contributed by atoms with E-state index in [9.17, 15) is 9.59 Å². The molecule has 1 heterocycles. The Bertz CT molecular complexity index is 785. The molecule has 0 radical (unpaired) electrons. The van der Waals surface area contributed by atoms with Crippen molar-refractivity contribution < 1.29 is 19.1 Å². The Morgan fingerprint density at radius 2 is 2.04 bits per heavy atom. The van der Waals surface area contributed by atoms with Gasteiger partial charge in [0.1, 0.15) is 10.8 Å². The van der Waals surface area contributed by atoms with Gasteiger partial charge in [-0.25, -0.2) is 4.79 Å². The Morgan fingerprint density at radius 3 is 2.77 bits per heavy atom. The minimum atomic E-state index is -0.362. The Labute approximate surface area is 157 Å². The van der Waals surface area contributed by atoms with E-state index in [4.69, 9.17) is 9.47 Å². The summed E-state index contributed by atoms with van der Waals surface area (Å²) in [5, 5.41) is 3.42. The van der Waals surface area contributed by atoms with Gasteiger partial charge < -0.3 is 14.8 Å². The number of thiophene rings is 1. The van der Waals surface area contributed by atoms with E-state index in [0.29, 0.717) is 28.8 Å². The van der Waals surface area contributed by atoms with Crippen molar-refractivity contribution in [2.24, 2.45) is 5.92 Å². The zero-order valence-electron chi connectivity index (χ0n) is 15.0. The maximum Gasteiger partial charge on any atom is 0.341 e. The predicted octanol–water partition coefficient (Wildman–Crippen LogP) is 4.07. The molecule has 26 heavy (non-hydrogen) atoms. The van der Waals surface area contributed by atoms with Crippen molar-refractivity contribution in [3.63, 3.8) is 0 Å². The maximum atomic E-state index is 12.4. The number of para-hydroxylation sites is 1. The molecular weight excluding hydrogens is 350 g/mol. The van der Waals surface area contributed by atoms with Crippen molar-refractivity contribution in [3.8, 4) is 5.75 Å². The second kappa shape index (κ2) is 8.36. The van der Waals surface area contributed by atoms with Crippen LogP contribution in [0.25, 0.3) is 0 Å². The molecule has 1 aromatic heterocycles. The number of esters is 1. The van der Waals surface area contributed by atoms with Crippen LogP contribution in [0.1, 0.15) is 41.1 Å². The molecule has 0 unspecified atom stereocenters. The third kappa shape index (κ3) is 4.25. The summed E-state index contributed by atoms with van der Waals surface area (Å²) in [4.78, 5) is 25.9. The molecule has 0 spiro atoms. The summed E-state index contributed by atoms with van der Waals surface area (Å²) in [6.45, 7) is 4.19. The van der Waals surface area contributed by atoms with Crippen LogP contribution in [0.3, 0.4) is 0 Å². The average molecular weight is 373 g/mol. The molecule has 0 aliphatic heterocycles. The molecule has 138 valence electrons. The molecule has 1 N–H and O–H groups in total. The largest absolute Gasteiger partial charge is 0.484 e. The van der Waals surface area contributed by atoms with Gasteiger partial charge in [-0.05, 0) is 49.8 Å². The van der Waals surface area contributed by atoms with Gasteiger partial charge in [-0.1, -0.05) is 25.1 Å². The second-order valence-corrected chi connectivity index (χ2v) is 7.53. The molecule has 2 aromatic rings. The van der Waals surface area contributed by atoms with Crippen LogP contribution < -0.4 is 10.1 Å². The Hall–Kier alpha value is -2.34. The van der Waals surface area contributed by atoms with E-state index >= 15 is 0 Å². The topological polar surface area (TPSA) is 64.6 Å². The second-order valence-electron chi connectivity index (χ2n) is 6.43. The lowest BCUT2D eigenvalue weighted by Gasteiger charge is -2.18. The smallest absolute Gasteiger partial charge is 0.341 e. The van der Waals surface area contributed by atoms with E-state index in [1.807, 2.05) is 18.2 Å². The molecule has 1 aromatic carbocycles. The van der Waals surface area contributed by atoms with Gasteiger partial charge in [0.25, 0.3) is 5.91 Å². The van der Waals surface area contributed by atoms with Crippen LogP contribution >= 0.6 is 11.3 Å². The zero-order chi connectivity index (χ0) is 18.5. The number of hydrogen-bond acceptors (Lipinski definition) is 5. The van der Waals surface area contributed by atoms with Gasteiger partial charge in [0.2, 0.25) is 0 Å². The number of amides is 1. The zero-order valence-corrected chi connectivity index (χ0v) is 15.9. The Kier molecular flexibility index (Phi) is 5.93. The SMILES string of the molecule is CCOC(=O)c1c(NC(=O)COc2ccccc2)sc2c1CC[C@H](C)C2. The van der Waals surface area contributed by atoms with Crippen LogP contribution in [-0.2, 0) is 22.4 Å². The van der Waals surface area contributed by atoms with Gasteiger partial charge in [-0.2, -0.15) is 0 Å². The fourth-order valence-corrected chi connectivity index (χ4v) is 4.50. The molecule has 1 amide bonds. The van der Waals surface area contributed by atoms with Crippen molar-refractivity contribution in [1.29, 1.82) is 0 Å². The van der Waals surface area contributed by atoms with Gasteiger partial charge in [0, 0.05) is 4.88 Å². The first kappa shape index (κ1) is 18.5. The number of carbonyl (C=O) groups excluding carboxylic acids is 2. The number of carbonyl (C=O) groups is 2. The van der Waals surface area contributed by atoms with Gasteiger partial charge in [-0.15, -0.1) is 11.3 Å². The number of hydrogen-bond donors (Lipinski definition) is 1. The lowest BCUT2D eigenvalue weighted by atomic mass is 9.88. The molecule has 1 aliphatic rings. The van der Waals surface area contributed by atoms with E-state index in [0.717, 1.165) is 24.8 Å². The van der Waals surface area contributed by atoms with Crippen molar-refractivity contribution in [3.05, 3.63) is 46.3 Å². The number of ether oxygens (including phenoxy) is 2. The minimum absolute atomic E-state index is 0.106. The number of fused-ring (bicyclic) bond motifs is 1. The van der Waals surface area contributed by atoms with E-state index < -0.39 is 0 Å². The number of benzene rings is 1.